The summed E-state index contributed by atoms with van der Waals surface area (Å²) in [5.74, 6) is 1.32. The van der Waals surface area contributed by atoms with Crippen LogP contribution in [-0.2, 0) is 0 Å². The van der Waals surface area contributed by atoms with Gasteiger partial charge in [-0.05, 0) is 18.9 Å². The Morgan fingerprint density at radius 2 is 2.13 bits per heavy atom. The van der Waals surface area contributed by atoms with Crippen LogP contribution in [0, 0.1) is 0 Å². The van der Waals surface area contributed by atoms with E-state index >= 15 is 0 Å². The number of pyridine rings is 1. The molecule has 1 fully saturated rings. The van der Waals surface area contributed by atoms with Crippen LogP contribution in [0.15, 0.2) is 18.3 Å². The van der Waals surface area contributed by atoms with Crippen LogP contribution in [0.5, 0.6) is 5.75 Å². The third-order valence-electron chi connectivity index (χ3n) is 3.76. The minimum absolute atomic E-state index is 0.199. The molecule has 2 heterocycles. The Morgan fingerprint density at radius 3 is 2.74 bits per heavy atom. The molecule has 6 heteroatoms. The Hall–Kier alpha value is -1.27. The van der Waals surface area contributed by atoms with Gasteiger partial charge in [0, 0.05) is 42.4 Å². The smallest absolute Gasteiger partial charge is 0.267 e. The largest absolute Gasteiger partial charge is 0.490 e. The lowest BCUT2D eigenvalue weighted by Crippen LogP contribution is -2.39. The van der Waals surface area contributed by atoms with E-state index < -0.39 is 5.91 Å². The lowest BCUT2D eigenvalue weighted by atomic mass is 10.1. The molecule has 0 aromatic carbocycles. The number of primary amides is 1. The molecule has 0 unspecified atom stereocenters. The summed E-state index contributed by atoms with van der Waals surface area (Å²) < 4.78 is 6.31. The second-order valence-corrected chi connectivity index (χ2v) is 8.78. The van der Waals surface area contributed by atoms with Crippen molar-refractivity contribution in [2.45, 2.75) is 44.5 Å². The lowest BCUT2D eigenvalue weighted by molar-refractivity contribution is 0.0984. The van der Waals surface area contributed by atoms with Crippen molar-refractivity contribution in [2.75, 3.05) is 25.4 Å². The van der Waals surface area contributed by atoms with Crippen LogP contribution in [0.1, 0.15) is 44.1 Å². The van der Waals surface area contributed by atoms with Crippen LogP contribution in [-0.4, -0.2) is 52.0 Å². The molecular formula is C17H27N3O2S. The van der Waals surface area contributed by atoms with Crippen molar-refractivity contribution < 1.29 is 9.53 Å². The highest BCUT2D eigenvalue weighted by Gasteiger charge is 2.21. The van der Waals surface area contributed by atoms with E-state index in [0.717, 1.165) is 32.5 Å². The molecular weight excluding hydrogens is 310 g/mol. The molecule has 1 saturated heterocycles. The van der Waals surface area contributed by atoms with Gasteiger partial charge in [-0.25, -0.2) is 0 Å². The molecule has 0 radical (unpaired) electrons. The van der Waals surface area contributed by atoms with E-state index in [9.17, 15) is 4.79 Å². The van der Waals surface area contributed by atoms with Crippen molar-refractivity contribution in [2.24, 2.45) is 5.73 Å². The van der Waals surface area contributed by atoms with E-state index in [4.69, 9.17) is 10.5 Å². The number of hydrogen-bond acceptors (Lipinski definition) is 5. The topological polar surface area (TPSA) is 68.4 Å². The molecule has 2 rings (SSSR count). The lowest BCUT2D eigenvalue weighted by Gasteiger charge is -2.32. The summed E-state index contributed by atoms with van der Waals surface area (Å²) in [4.78, 5) is 17.6. The summed E-state index contributed by atoms with van der Waals surface area (Å²) in [6.45, 7) is 10.0. The minimum Gasteiger partial charge on any atom is -0.490 e. The average molecular weight is 337 g/mol. The minimum atomic E-state index is -0.526. The first-order valence-corrected chi connectivity index (χ1v) is 9.11. The van der Waals surface area contributed by atoms with Crippen molar-refractivity contribution in [1.82, 2.24) is 9.88 Å². The van der Waals surface area contributed by atoms with Crippen LogP contribution in [0.25, 0.3) is 0 Å². The van der Waals surface area contributed by atoms with Crippen molar-refractivity contribution in [3.8, 4) is 5.75 Å². The molecule has 0 spiro atoms. The number of thioether (sulfide) groups is 1. The first-order valence-electron chi connectivity index (χ1n) is 8.12. The molecule has 0 bridgehead atoms. The number of hydrogen-bond donors (Lipinski definition) is 1. The maximum absolute atomic E-state index is 11.2. The number of carbonyl (C=O) groups excluding carboxylic acids is 1. The maximum atomic E-state index is 11.2. The second-order valence-electron chi connectivity index (χ2n) is 6.86. The van der Waals surface area contributed by atoms with Gasteiger partial charge >= 0.3 is 0 Å². The summed E-state index contributed by atoms with van der Waals surface area (Å²) in [7, 11) is 0. The third-order valence-corrected chi connectivity index (χ3v) is 5.02. The maximum Gasteiger partial charge on any atom is 0.267 e. The highest BCUT2D eigenvalue weighted by Crippen LogP contribution is 2.24. The fourth-order valence-corrected chi connectivity index (χ4v) is 3.51. The summed E-state index contributed by atoms with van der Waals surface area (Å²) in [6, 6.07) is 3.40. The standard InChI is InChI=1S/C17H27N3O2S/c1-17(2,3)23-11-10-20-8-5-13(6-9-20)22-14-4-7-19-15(12-14)16(18)21/h4,7,12-13H,5-6,8-11H2,1-3H3,(H2,18,21). The highest BCUT2D eigenvalue weighted by molar-refractivity contribution is 8.00. The molecule has 1 aromatic heterocycles. The Bertz CT molecular complexity index is 523. The van der Waals surface area contributed by atoms with Gasteiger partial charge in [-0.2, -0.15) is 11.8 Å². The Morgan fingerprint density at radius 1 is 1.43 bits per heavy atom. The molecule has 1 amide bonds. The quantitative estimate of drug-likeness (QED) is 0.864. The molecule has 1 aliphatic rings. The predicted octanol–water partition coefficient (Wildman–Crippen LogP) is 2.56. The summed E-state index contributed by atoms with van der Waals surface area (Å²) >= 11 is 2.01. The van der Waals surface area contributed by atoms with Crippen molar-refractivity contribution in [3.05, 3.63) is 24.0 Å². The molecule has 1 aromatic rings. The van der Waals surface area contributed by atoms with E-state index in [-0.39, 0.29) is 11.8 Å². The van der Waals surface area contributed by atoms with Gasteiger partial charge in [0.05, 0.1) is 0 Å². The zero-order valence-corrected chi connectivity index (χ0v) is 15.1. The number of carbonyl (C=O) groups is 1. The van der Waals surface area contributed by atoms with Crippen molar-refractivity contribution in [3.63, 3.8) is 0 Å². The second kappa shape index (κ2) is 8.02. The highest BCUT2D eigenvalue weighted by atomic mass is 32.2. The van der Waals surface area contributed by atoms with Crippen LogP contribution in [0.4, 0.5) is 0 Å². The molecule has 23 heavy (non-hydrogen) atoms. The summed E-state index contributed by atoms with van der Waals surface area (Å²) in [5.41, 5.74) is 5.49. The van der Waals surface area contributed by atoms with Crippen molar-refractivity contribution in [1.29, 1.82) is 0 Å². The van der Waals surface area contributed by atoms with E-state index in [1.54, 1.807) is 18.3 Å². The van der Waals surface area contributed by atoms with E-state index in [0.29, 0.717) is 10.5 Å². The van der Waals surface area contributed by atoms with Crippen LogP contribution >= 0.6 is 11.8 Å². The van der Waals surface area contributed by atoms with Gasteiger partial charge in [0.2, 0.25) is 0 Å². The van der Waals surface area contributed by atoms with Gasteiger partial charge in [0.1, 0.15) is 17.5 Å². The number of nitrogens with two attached hydrogens (primary N) is 1. The molecule has 5 nitrogen and oxygen atoms in total. The van der Waals surface area contributed by atoms with Gasteiger partial charge < -0.3 is 15.4 Å². The van der Waals surface area contributed by atoms with Gasteiger partial charge in [-0.3, -0.25) is 9.78 Å². The fraction of sp³-hybridized carbons (Fsp3) is 0.647. The van der Waals surface area contributed by atoms with Gasteiger partial charge in [0.25, 0.3) is 5.91 Å². The Labute approximate surface area is 143 Å². The number of piperidine rings is 1. The molecule has 1 aliphatic heterocycles. The number of nitrogens with zero attached hydrogens (tertiary/aromatic N) is 2. The first kappa shape index (κ1) is 18.1. The SMILES string of the molecule is CC(C)(C)SCCN1CCC(Oc2ccnc(C(N)=O)c2)CC1. The molecule has 0 saturated carbocycles. The number of ether oxygens (including phenoxy) is 1. The average Bonchev–Trinajstić information content (AvgIpc) is 2.48. The fourth-order valence-electron chi connectivity index (χ4n) is 2.54. The molecule has 128 valence electrons. The number of rotatable bonds is 6. The van der Waals surface area contributed by atoms with Gasteiger partial charge in [0.15, 0.2) is 0 Å². The van der Waals surface area contributed by atoms with Gasteiger partial charge in [-0.15, -0.1) is 0 Å². The van der Waals surface area contributed by atoms with Gasteiger partial charge in [-0.1, -0.05) is 20.8 Å². The van der Waals surface area contributed by atoms with Crippen LogP contribution in [0.2, 0.25) is 0 Å². The first-order chi connectivity index (χ1) is 10.8. The number of amides is 1. The third kappa shape index (κ3) is 6.39. The molecule has 0 atom stereocenters. The zero-order chi connectivity index (χ0) is 16.9. The van der Waals surface area contributed by atoms with E-state index in [1.807, 2.05) is 11.8 Å². The predicted molar refractivity (Wildman–Crippen MR) is 95.1 cm³/mol. The molecule has 2 N–H and O–H groups in total. The normalized spacial score (nSPS) is 17.2. The summed E-state index contributed by atoms with van der Waals surface area (Å²) in [5, 5.41) is 0. The van der Waals surface area contributed by atoms with Crippen LogP contribution < -0.4 is 10.5 Å². The Balaban J connectivity index is 1.74. The summed E-state index contributed by atoms with van der Waals surface area (Å²) in [6.07, 6.45) is 3.78. The van der Waals surface area contributed by atoms with E-state index in [2.05, 4.69) is 30.7 Å². The number of likely N-dealkylation sites (tertiary alicyclic amines) is 1. The Kier molecular flexibility index (Phi) is 6.30. The molecule has 0 aliphatic carbocycles. The van der Waals surface area contributed by atoms with E-state index in [1.165, 1.54) is 5.75 Å². The van der Waals surface area contributed by atoms with Crippen molar-refractivity contribution >= 4 is 17.7 Å². The van der Waals surface area contributed by atoms with Crippen LogP contribution in [0.3, 0.4) is 0 Å². The zero-order valence-electron chi connectivity index (χ0n) is 14.2. The monoisotopic (exact) mass is 337 g/mol. The number of aromatic nitrogens is 1.